The Morgan fingerprint density at radius 1 is 1.12 bits per heavy atom. The monoisotopic (exact) mass is 414 g/mol. The molecule has 1 heterocycles. The number of aromatic nitrogens is 2. The average molecular weight is 415 g/mol. The smallest absolute Gasteiger partial charge is 0.373 e. The van der Waals surface area contributed by atoms with E-state index in [2.05, 4.69) is 31.2 Å². The summed E-state index contributed by atoms with van der Waals surface area (Å²) in [5.74, 6) is 0.388. The zero-order valence-electron chi connectivity index (χ0n) is 14.1. The van der Waals surface area contributed by atoms with Crippen LogP contribution < -0.4 is 10.1 Å². The maximum Gasteiger partial charge on any atom is 0.373 e. The number of nitrogens with zero attached hydrogens (tertiary/aromatic N) is 3. The Morgan fingerprint density at radius 2 is 1.85 bits per heavy atom. The van der Waals surface area contributed by atoms with Gasteiger partial charge in [0, 0.05) is 10.2 Å². The lowest BCUT2D eigenvalue weighted by Gasteiger charge is -2.12. The maximum atomic E-state index is 11.6. The standard InChI is InChI=1S/C18H15BrN4O3/c1-11-4-3-5-15(12(11)2)22-17-16(23(24)25)18(21-10-20-17)26-14-8-6-13(19)7-9-14/h3-10H,1-2H3,(H,20,21,22). The lowest BCUT2D eigenvalue weighted by atomic mass is 10.1. The molecule has 3 aromatic rings. The highest BCUT2D eigenvalue weighted by Gasteiger charge is 2.25. The fourth-order valence-corrected chi connectivity index (χ4v) is 2.59. The SMILES string of the molecule is Cc1cccc(Nc2ncnc(Oc3ccc(Br)cc3)c2[N+](=O)[O-])c1C. The third-order valence-electron chi connectivity index (χ3n) is 3.86. The molecular formula is C18H15BrN4O3. The first kappa shape index (κ1) is 17.8. The van der Waals surface area contributed by atoms with Crippen molar-refractivity contribution in [2.45, 2.75) is 13.8 Å². The lowest BCUT2D eigenvalue weighted by Crippen LogP contribution is -2.04. The molecule has 0 aliphatic carbocycles. The molecule has 1 N–H and O–H groups in total. The lowest BCUT2D eigenvalue weighted by molar-refractivity contribution is -0.385. The van der Waals surface area contributed by atoms with Gasteiger partial charge in [0.2, 0.25) is 5.82 Å². The highest BCUT2D eigenvalue weighted by Crippen LogP contribution is 2.36. The van der Waals surface area contributed by atoms with Crippen molar-refractivity contribution in [2.24, 2.45) is 0 Å². The van der Waals surface area contributed by atoms with Crippen LogP contribution in [0.1, 0.15) is 11.1 Å². The van der Waals surface area contributed by atoms with Crippen LogP contribution in [0.4, 0.5) is 17.2 Å². The molecule has 26 heavy (non-hydrogen) atoms. The summed E-state index contributed by atoms with van der Waals surface area (Å²) in [7, 11) is 0. The van der Waals surface area contributed by atoms with Gasteiger partial charge in [-0.05, 0) is 55.3 Å². The van der Waals surface area contributed by atoms with Crippen LogP contribution in [0.25, 0.3) is 0 Å². The first-order chi connectivity index (χ1) is 12.5. The van der Waals surface area contributed by atoms with Gasteiger partial charge >= 0.3 is 11.6 Å². The molecule has 0 saturated carbocycles. The van der Waals surface area contributed by atoms with Gasteiger partial charge in [-0.15, -0.1) is 0 Å². The Hall–Kier alpha value is -3.00. The minimum absolute atomic E-state index is 0.0748. The number of nitro groups is 1. The molecule has 0 amide bonds. The quantitative estimate of drug-likeness (QED) is 0.449. The zero-order chi connectivity index (χ0) is 18.7. The van der Waals surface area contributed by atoms with E-state index in [0.717, 1.165) is 21.3 Å². The average Bonchev–Trinajstić information content (AvgIpc) is 2.61. The molecular weight excluding hydrogens is 400 g/mol. The van der Waals surface area contributed by atoms with Gasteiger partial charge in [-0.25, -0.2) is 4.98 Å². The van der Waals surface area contributed by atoms with Gasteiger partial charge in [-0.3, -0.25) is 10.1 Å². The molecule has 0 spiro atoms. The van der Waals surface area contributed by atoms with Crippen LogP contribution in [0.2, 0.25) is 0 Å². The molecule has 2 aromatic carbocycles. The predicted octanol–water partition coefficient (Wildman–Crippen LogP) is 5.30. The van der Waals surface area contributed by atoms with E-state index in [1.54, 1.807) is 24.3 Å². The minimum Gasteiger partial charge on any atom is -0.434 e. The van der Waals surface area contributed by atoms with Crippen LogP contribution in [0, 0.1) is 24.0 Å². The van der Waals surface area contributed by atoms with Crippen molar-refractivity contribution in [2.75, 3.05) is 5.32 Å². The Kier molecular flexibility index (Phi) is 5.13. The van der Waals surface area contributed by atoms with E-state index in [4.69, 9.17) is 4.74 Å². The number of halogens is 1. The van der Waals surface area contributed by atoms with Gasteiger partial charge in [-0.1, -0.05) is 28.1 Å². The molecule has 0 saturated heterocycles. The minimum atomic E-state index is -0.554. The van der Waals surface area contributed by atoms with Gasteiger partial charge in [0.1, 0.15) is 12.1 Å². The molecule has 0 fully saturated rings. The molecule has 7 nitrogen and oxygen atoms in total. The van der Waals surface area contributed by atoms with Gasteiger partial charge in [0.05, 0.1) is 4.92 Å². The number of benzene rings is 2. The summed E-state index contributed by atoms with van der Waals surface area (Å²) in [6, 6.07) is 12.6. The number of rotatable bonds is 5. The van der Waals surface area contributed by atoms with E-state index in [1.807, 2.05) is 32.0 Å². The van der Waals surface area contributed by atoms with Crippen molar-refractivity contribution in [3.63, 3.8) is 0 Å². The highest BCUT2D eigenvalue weighted by molar-refractivity contribution is 9.10. The molecule has 0 aliphatic heterocycles. The first-order valence-corrected chi connectivity index (χ1v) is 8.51. The van der Waals surface area contributed by atoms with Crippen LogP contribution >= 0.6 is 15.9 Å². The van der Waals surface area contributed by atoms with Crippen LogP contribution in [0.5, 0.6) is 11.6 Å². The van der Waals surface area contributed by atoms with Crippen molar-refractivity contribution in [1.82, 2.24) is 9.97 Å². The second-order valence-electron chi connectivity index (χ2n) is 5.56. The predicted molar refractivity (Wildman–Crippen MR) is 102 cm³/mol. The Morgan fingerprint density at radius 3 is 2.54 bits per heavy atom. The van der Waals surface area contributed by atoms with Crippen molar-refractivity contribution in [1.29, 1.82) is 0 Å². The van der Waals surface area contributed by atoms with E-state index in [0.29, 0.717) is 5.75 Å². The summed E-state index contributed by atoms with van der Waals surface area (Å²) < 4.78 is 6.48. The number of aryl methyl sites for hydroxylation is 1. The molecule has 0 unspecified atom stereocenters. The molecule has 0 radical (unpaired) electrons. The van der Waals surface area contributed by atoms with E-state index >= 15 is 0 Å². The topological polar surface area (TPSA) is 90.2 Å². The van der Waals surface area contributed by atoms with Crippen LogP contribution in [0.3, 0.4) is 0 Å². The number of nitrogens with one attached hydrogen (secondary N) is 1. The largest absolute Gasteiger partial charge is 0.434 e. The zero-order valence-corrected chi connectivity index (χ0v) is 15.6. The molecule has 8 heteroatoms. The molecule has 132 valence electrons. The molecule has 1 aromatic heterocycles. The normalized spacial score (nSPS) is 10.4. The Balaban J connectivity index is 1.99. The van der Waals surface area contributed by atoms with Gasteiger partial charge < -0.3 is 10.1 Å². The summed E-state index contributed by atoms with van der Waals surface area (Å²) in [6.45, 7) is 3.90. The first-order valence-electron chi connectivity index (χ1n) is 7.71. The number of hydrogen-bond donors (Lipinski definition) is 1. The van der Waals surface area contributed by atoms with Crippen LogP contribution in [-0.2, 0) is 0 Å². The number of anilines is 2. The van der Waals surface area contributed by atoms with Crippen LogP contribution in [-0.4, -0.2) is 14.9 Å². The molecule has 0 bridgehead atoms. The molecule has 0 atom stereocenters. The summed E-state index contributed by atoms with van der Waals surface area (Å²) in [5.41, 5.74) is 2.46. The van der Waals surface area contributed by atoms with Crippen molar-refractivity contribution >= 4 is 33.1 Å². The summed E-state index contributed by atoms with van der Waals surface area (Å²) in [4.78, 5) is 19.0. The van der Waals surface area contributed by atoms with E-state index in [-0.39, 0.29) is 17.4 Å². The van der Waals surface area contributed by atoms with Gasteiger partial charge in [-0.2, -0.15) is 4.98 Å². The highest BCUT2D eigenvalue weighted by atomic mass is 79.9. The van der Waals surface area contributed by atoms with Crippen molar-refractivity contribution < 1.29 is 9.66 Å². The van der Waals surface area contributed by atoms with E-state index in [1.165, 1.54) is 6.33 Å². The van der Waals surface area contributed by atoms with E-state index < -0.39 is 4.92 Å². The third kappa shape index (κ3) is 3.80. The maximum absolute atomic E-state index is 11.6. The fourth-order valence-electron chi connectivity index (χ4n) is 2.32. The number of hydrogen-bond acceptors (Lipinski definition) is 6. The molecule has 3 rings (SSSR count). The Bertz CT molecular complexity index is 961. The van der Waals surface area contributed by atoms with Crippen molar-refractivity contribution in [3.8, 4) is 11.6 Å². The second-order valence-corrected chi connectivity index (χ2v) is 6.48. The van der Waals surface area contributed by atoms with Crippen LogP contribution in [0.15, 0.2) is 53.3 Å². The molecule has 0 aliphatic rings. The van der Waals surface area contributed by atoms with E-state index in [9.17, 15) is 10.1 Å². The summed E-state index contributed by atoms with van der Waals surface area (Å²) >= 11 is 3.33. The summed E-state index contributed by atoms with van der Waals surface area (Å²) in [6.07, 6.45) is 1.23. The van der Waals surface area contributed by atoms with Gasteiger partial charge in [0.15, 0.2) is 0 Å². The third-order valence-corrected chi connectivity index (χ3v) is 4.39. The summed E-state index contributed by atoms with van der Waals surface area (Å²) in [5, 5.41) is 14.6. The van der Waals surface area contributed by atoms with Crippen molar-refractivity contribution in [3.05, 3.63) is 74.5 Å². The number of ether oxygens (including phenoxy) is 1. The van der Waals surface area contributed by atoms with Gasteiger partial charge in [0.25, 0.3) is 0 Å². The second kappa shape index (κ2) is 7.49. The Labute approximate surface area is 158 Å². The fraction of sp³-hybridized carbons (Fsp3) is 0.111.